The average Bonchev–Trinajstić information content (AvgIpc) is 2.67. The second-order valence-electron chi connectivity index (χ2n) is 6.76. The van der Waals surface area contributed by atoms with Crippen molar-refractivity contribution in [1.29, 1.82) is 0 Å². The van der Waals surface area contributed by atoms with Crippen LogP contribution in [0.1, 0.15) is 12.5 Å². The SMILES string of the molecule is COc1ccc(Cl)cc1NC(=O)[C@@H](C)[NH+](C)Cc1ccc2ccccc2c1. The monoisotopic (exact) mass is 383 g/mol. The van der Waals surface area contributed by atoms with Crippen molar-refractivity contribution < 1.29 is 14.4 Å². The number of amides is 1. The van der Waals surface area contributed by atoms with Gasteiger partial charge in [0.2, 0.25) is 0 Å². The van der Waals surface area contributed by atoms with Crippen molar-refractivity contribution in [1.82, 2.24) is 0 Å². The number of benzene rings is 3. The third kappa shape index (κ3) is 4.59. The number of quaternary nitrogens is 1. The molecule has 5 heteroatoms. The van der Waals surface area contributed by atoms with Crippen molar-refractivity contribution in [2.45, 2.75) is 19.5 Å². The second kappa shape index (κ2) is 8.42. The van der Waals surface area contributed by atoms with E-state index in [1.165, 1.54) is 16.3 Å². The summed E-state index contributed by atoms with van der Waals surface area (Å²) in [5.74, 6) is 0.515. The quantitative estimate of drug-likeness (QED) is 0.683. The van der Waals surface area contributed by atoms with Crippen molar-refractivity contribution in [3.63, 3.8) is 0 Å². The van der Waals surface area contributed by atoms with E-state index in [9.17, 15) is 4.79 Å². The molecule has 3 aromatic rings. The maximum atomic E-state index is 12.7. The summed E-state index contributed by atoms with van der Waals surface area (Å²) in [6.07, 6.45) is 0. The Morgan fingerprint density at radius 2 is 1.85 bits per heavy atom. The lowest BCUT2D eigenvalue weighted by Gasteiger charge is -2.22. The Labute approximate surface area is 164 Å². The molecule has 140 valence electrons. The predicted octanol–water partition coefficient (Wildman–Crippen LogP) is 3.54. The summed E-state index contributed by atoms with van der Waals surface area (Å²) >= 11 is 6.04. The largest absolute Gasteiger partial charge is 0.495 e. The molecule has 1 amide bonds. The topological polar surface area (TPSA) is 42.8 Å². The van der Waals surface area contributed by atoms with Gasteiger partial charge in [-0.25, -0.2) is 0 Å². The Balaban J connectivity index is 1.69. The van der Waals surface area contributed by atoms with Crippen molar-refractivity contribution in [2.24, 2.45) is 0 Å². The van der Waals surface area contributed by atoms with E-state index in [4.69, 9.17) is 16.3 Å². The molecule has 0 saturated heterocycles. The van der Waals surface area contributed by atoms with E-state index in [-0.39, 0.29) is 11.9 Å². The summed E-state index contributed by atoms with van der Waals surface area (Å²) in [6.45, 7) is 2.68. The number of anilines is 1. The van der Waals surface area contributed by atoms with E-state index in [2.05, 4.69) is 35.6 Å². The number of carbonyl (C=O) groups is 1. The molecular formula is C22H24ClN2O2+. The van der Waals surface area contributed by atoms with E-state index in [1.807, 2.05) is 26.1 Å². The number of rotatable bonds is 6. The van der Waals surface area contributed by atoms with Crippen molar-refractivity contribution in [2.75, 3.05) is 19.5 Å². The number of hydrogen-bond donors (Lipinski definition) is 2. The zero-order chi connectivity index (χ0) is 19.4. The molecule has 0 bridgehead atoms. The zero-order valence-electron chi connectivity index (χ0n) is 15.8. The van der Waals surface area contributed by atoms with Crippen molar-refractivity contribution in [3.05, 3.63) is 71.2 Å². The molecule has 3 aromatic carbocycles. The van der Waals surface area contributed by atoms with Crippen LogP contribution in [-0.2, 0) is 11.3 Å². The maximum Gasteiger partial charge on any atom is 0.282 e. The van der Waals surface area contributed by atoms with Gasteiger partial charge in [-0.2, -0.15) is 0 Å². The highest BCUT2D eigenvalue weighted by molar-refractivity contribution is 6.31. The lowest BCUT2D eigenvalue weighted by Crippen LogP contribution is -3.12. The number of halogens is 1. The standard InChI is InChI=1S/C22H23ClN2O2/c1-15(22(26)24-20-13-19(23)10-11-21(20)27-3)25(2)14-16-8-9-17-6-4-5-7-18(17)12-16/h4-13,15H,14H2,1-3H3,(H,24,26)/p+1/t15-/m1/s1. The molecule has 0 fully saturated rings. The lowest BCUT2D eigenvalue weighted by molar-refractivity contribution is -0.907. The Morgan fingerprint density at radius 1 is 1.11 bits per heavy atom. The molecule has 0 saturated carbocycles. The van der Waals surface area contributed by atoms with Crippen LogP contribution < -0.4 is 15.0 Å². The fourth-order valence-electron chi connectivity index (χ4n) is 3.07. The van der Waals surface area contributed by atoms with E-state index in [1.54, 1.807) is 25.3 Å². The first-order chi connectivity index (χ1) is 13.0. The van der Waals surface area contributed by atoms with Crippen LogP contribution >= 0.6 is 11.6 Å². The van der Waals surface area contributed by atoms with Crippen LogP contribution in [0.15, 0.2) is 60.7 Å². The highest BCUT2D eigenvalue weighted by atomic mass is 35.5. The third-order valence-electron chi connectivity index (χ3n) is 4.85. The van der Waals surface area contributed by atoms with Gasteiger partial charge in [-0.05, 0) is 42.0 Å². The third-order valence-corrected chi connectivity index (χ3v) is 5.08. The van der Waals surface area contributed by atoms with Crippen LogP contribution in [0, 0.1) is 0 Å². The van der Waals surface area contributed by atoms with Crippen LogP contribution in [0.25, 0.3) is 10.8 Å². The van der Waals surface area contributed by atoms with E-state index in [0.717, 1.165) is 11.4 Å². The van der Waals surface area contributed by atoms with Crippen LogP contribution in [0.2, 0.25) is 5.02 Å². The maximum absolute atomic E-state index is 12.7. The number of hydrogen-bond acceptors (Lipinski definition) is 2. The highest BCUT2D eigenvalue weighted by Crippen LogP contribution is 2.27. The number of methoxy groups -OCH3 is 1. The Kier molecular flexibility index (Phi) is 5.99. The lowest BCUT2D eigenvalue weighted by atomic mass is 10.1. The molecule has 0 aromatic heterocycles. The van der Waals surface area contributed by atoms with Gasteiger partial charge in [-0.3, -0.25) is 4.79 Å². The van der Waals surface area contributed by atoms with Gasteiger partial charge in [0.15, 0.2) is 6.04 Å². The van der Waals surface area contributed by atoms with Gasteiger partial charge in [0.1, 0.15) is 12.3 Å². The Hall–Kier alpha value is -2.56. The van der Waals surface area contributed by atoms with E-state index in [0.29, 0.717) is 16.5 Å². The van der Waals surface area contributed by atoms with Crippen LogP contribution in [-0.4, -0.2) is 26.1 Å². The normalized spacial score (nSPS) is 13.2. The minimum atomic E-state index is -0.236. The summed E-state index contributed by atoms with van der Waals surface area (Å²) in [5, 5.41) is 5.91. The van der Waals surface area contributed by atoms with Gasteiger partial charge < -0.3 is 15.0 Å². The first-order valence-electron chi connectivity index (χ1n) is 8.92. The summed E-state index contributed by atoms with van der Waals surface area (Å²) in [5.41, 5.74) is 1.78. The number of carbonyl (C=O) groups excluding carboxylic acids is 1. The van der Waals surface area contributed by atoms with Crippen LogP contribution in [0.3, 0.4) is 0 Å². The smallest absolute Gasteiger partial charge is 0.282 e. The molecule has 2 atom stereocenters. The molecule has 2 N–H and O–H groups in total. The summed E-state index contributed by atoms with van der Waals surface area (Å²) < 4.78 is 5.30. The molecule has 3 rings (SSSR count). The predicted molar refractivity (Wildman–Crippen MR) is 111 cm³/mol. The molecule has 0 aliphatic carbocycles. The second-order valence-corrected chi connectivity index (χ2v) is 7.20. The summed E-state index contributed by atoms with van der Waals surface area (Å²) in [4.78, 5) is 13.8. The molecule has 0 spiro atoms. The molecule has 0 heterocycles. The van der Waals surface area contributed by atoms with Crippen LogP contribution in [0.4, 0.5) is 5.69 Å². The first-order valence-corrected chi connectivity index (χ1v) is 9.30. The van der Waals surface area contributed by atoms with Gasteiger partial charge in [0, 0.05) is 10.6 Å². The van der Waals surface area contributed by atoms with Gasteiger partial charge in [-0.1, -0.05) is 48.0 Å². The Morgan fingerprint density at radius 3 is 2.59 bits per heavy atom. The number of nitrogens with one attached hydrogen (secondary N) is 2. The number of likely N-dealkylation sites (N-methyl/N-ethyl adjacent to an activating group) is 1. The molecule has 0 aliphatic rings. The fraction of sp³-hybridized carbons (Fsp3) is 0.227. The Bertz CT molecular complexity index is 958. The first kappa shape index (κ1) is 19.2. The molecular weight excluding hydrogens is 360 g/mol. The zero-order valence-corrected chi connectivity index (χ0v) is 16.5. The van der Waals surface area contributed by atoms with Gasteiger partial charge in [-0.15, -0.1) is 0 Å². The summed E-state index contributed by atoms with van der Waals surface area (Å²) in [7, 11) is 3.59. The molecule has 0 aliphatic heterocycles. The van der Waals surface area contributed by atoms with Crippen LogP contribution in [0.5, 0.6) is 5.75 Å². The van der Waals surface area contributed by atoms with Gasteiger partial charge in [0.25, 0.3) is 5.91 Å². The molecule has 0 radical (unpaired) electrons. The fourth-order valence-corrected chi connectivity index (χ4v) is 3.24. The van der Waals surface area contributed by atoms with Crippen molar-refractivity contribution >= 4 is 34.0 Å². The van der Waals surface area contributed by atoms with Gasteiger partial charge >= 0.3 is 0 Å². The molecule has 27 heavy (non-hydrogen) atoms. The van der Waals surface area contributed by atoms with Crippen molar-refractivity contribution in [3.8, 4) is 5.75 Å². The van der Waals surface area contributed by atoms with Gasteiger partial charge in [0.05, 0.1) is 19.8 Å². The number of ether oxygens (including phenoxy) is 1. The minimum absolute atomic E-state index is 0.0751. The average molecular weight is 384 g/mol. The molecule has 4 nitrogen and oxygen atoms in total. The van der Waals surface area contributed by atoms with E-state index >= 15 is 0 Å². The number of fused-ring (bicyclic) bond motifs is 1. The van der Waals surface area contributed by atoms with E-state index < -0.39 is 0 Å². The minimum Gasteiger partial charge on any atom is -0.495 e. The molecule has 1 unspecified atom stereocenters. The highest BCUT2D eigenvalue weighted by Gasteiger charge is 2.23. The summed E-state index contributed by atoms with van der Waals surface area (Å²) in [6, 6.07) is 19.7.